The summed E-state index contributed by atoms with van der Waals surface area (Å²) in [5.41, 5.74) is 0.592. The second-order valence-electron chi connectivity index (χ2n) is 4.31. The molecule has 0 atom stereocenters. The van der Waals surface area contributed by atoms with Crippen LogP contribution in [0.2, 0.25) is 0 Å². The largest absolute Gasteiger partial charge is 0.507 e. The van der Waals surface area contributed by atoms with Crippen LogP contribution in [0.5, 0.6) is 23.0 Å². The van der Waals surface area contributed by atoms with Crippen LogP contribution in [-0.4, -0.2) is 21.1 Å². The van der Waals surface area contributed by atoms with E-state index in [2.05, 4.69) is 0 Å². The maximum Gasteiger partial charge on any atom is 0.232 e. The molecule has 2 aromatic rings. The summed E-state index contributed by atoms with van der Waals surface area (Å²) < 4.78 is 5.28. The number of allylic oxidation sites excluding steroid dienone is 1. The topological polar surface area (TPSA) is 87.0 Å². The molecule has 0 amide bonds. The second kappa shape index (κ2) is 4.31. The quantitative estimate of drug-likeness (QED) is 0.547. The van der Waals surface area contributed by atoms with Crippen LogP contribution < -0.4 is 4.74 Å². The third-order valence-corrected chi connectivity index (χ3v) is 3.01. The third-order valence-electron chi connectivity index (χ3n) is 3.01. The molecule has 100 valence electrons. The Bertz CT molecular complexity index is 746. The Morgan fingerprint density at radius 3 is 2.45 bits per heavy atom. The predicted molar refractivity (Wildman–Crippen MR) is 70.8 cm³/mol. The molecular formula is C15H10O5. The summed E-state index contributed by atoms with van der Waals surface area (Å²) in [6.07, 6.45) is 1.38. The first-order valence-electron chi connectivity index (χ1n) is 5.85. The van der Waals surface area contributed by atoms with Crippen LogP contribution in [0.15, 0.2) is 42.2 Å². The molecule has 5 heteroatoms. The molecule has 20 heavy (non-hydrogen) atoms. The first-order valence-corrected chi connectivity index (χ1v) is 5.85. The van der Waals surface area contributed by atoms with Crippen LogP contribution in [-0.2, 0) is 0 Å². The molecule has 0 aromatic heterocycles. The number of hydrogen-bond donors (Lipinski definition) is 3. The average molecular weight is 270 g/mol. The van der Waals surface area contributed by atoms with Crippen molar-refractivity contribution in [3.05, 3.63) is 53.3 Å². The highest BCUT2D eigenvalue weighted by atomic mass is 16.5. The van der Waals surface area contributed by atoms with Gasteiger partial charge in [-0.3, -0.25) is 4.79 Å². The number of hydrogen-bond acceptors (Lipinski definition) is 5. The van der Waals surface area contributed by atoms with E-state index in [4.69, 9.17) is 4.74 Å². The van der Waals surface area contributed by atoms with Gasteiger partial charge in [0.1, 0.15) is 5.75 Å². The maximum absolute atomic E-state index is 12.1. The van der Waals surface area contributed by atoms with Crippen molar-refractivity contribution in [1.82, 2.24) is 0 Å². The van der Waals surface area contributed by atoms with Gasteiger partial charge >= 0.3 is 0 Å². The van der Waals surface area contributed by atoms with E-state index in [1.807, 2.05) is 0 Å². The molecule has 5 nitrogen and oxygen atoms in total. The molecular weight excluding hydrogens is 260 g/mol. The van der Waals surface area contributed by atoms with Crippen molar-refractivity contribution >= 4 is 11.9 Å². The number of ketones is 1. The standard InChI is InChI=1S/C15H10O5/c16-10-4-2-1-3-8(10)7-12-13(18)9-5-6-11(17)14(19)15(9)20-12/h1-7,16-17,19H/b12-7+. The summed E-state index contributed by atoms with van der Waals surface area (Å²) in [6, 6.07) is 9.08. The molecule has 0 fully saturated rings. The molecule has 0 spiro atoms. The van der Waals surface area contributed by atoms with Gasteiger partial charge in [0.25, 0.3) is 0 Å². The molecule has 2 aromatic carbocycles. The lowest BCUT2D eigenvalue weighted by molar-refractivity contribution is 0.101. The Morgan fingerprint density at radius 1 is 0.950 bits per heavy atom. The van der Waals surface area contributed by atoms with Crippen LogP contribution >= 0.6 is 0 Å². The molecule has 1 aliphatic rings. The molecule has 0 unspecified atom stereocenters. The molecule has 0 saturated carbocycles. The highest BCUT2D eigenvalue weighted by molar-refractivity contribution is 6.15. The zero-order valence-corrected chi connectivity index (χ0v) is 10.2. The molecule has 0 bridgehead atoms. The van der Waals surface area contributed by atoms with Crippen molar-refractivity contribution in [2.75, 3.05) is 0 Å². The number of phenols is 3. The number of carbonyl (C=O) groups is 1. The second-order valence-corrected chi connectivity index (χ2v) is 4.31. The van der Waals surface area contributed by atoms with Gasteiger partial charge in [0.15, 0.2) is 17.3 Å². The molecule has 0 saturated heterocycles. The minimum atomic E-state index is -0.475. The van der Waals surface area contributed by atoms with E-state index in [0.29, 0.717) is 5.56 Å². The smallest absolute Gasteiger partial charge is 0.232 e. The summed E-state index contributed by atoms with van der Waals surface area (Å²) in [5.74, 6) is -1.34. The van der Waals surface area contributed by atoms with Gasteiger partial charge in [-0.15, -0.1) is 0 Å². The van der Waals surface area contributed by atoms with E-state index in [1.54, 1.807) is 18.2 Å². The van der Waals surface area contributed by atoms with Gasteiger partial charge in [0.2, 0.25) is 11.5 Å². The normalized spacial score (nSPS) is 15.2. The zero-order valence-electron chi connectivity index (χ0n) is 10.2. The van der Waals surface area contributed by atoms with E-state index < -0.39 is 11.5 Å². The number of para-hydroxylation sites is 1. The van der Waals surface area contributed by atoms with Crippen LogP contribution in [0, 0.1) is 0 Å². The van der Waals surface area contributed by atoms with Gasteiger partial charge in [-0.25, -0.2) is 0 Å². The Morgan fingerprint density at radius 2 is 1.70 bits per heavy atom. The van der Waals surface area contributed by atoms with Crippen molar-refractivity contribution in [1.29, 1.82) is 0 Å². The van der Waals surface area contributed by atoms with E-state index in [0.717, 1.165) is 0 Å². The third kappa shape index (κ3) is 1.76. The summed E-state index contributed by atoms with van der Waals surface area (Å²) >= 11 is 0. The van der Waals surface area contributed by atoms with Gasteiger partial charge in [0.05, 0.1) is 5.56 Å². The zero-order chi connectivity index (χ0) is 14.3. The SMILES string of the molecule is O=C1/C(=C\c2ccccc2O)Oc2c1ccc(O)c2O. The Labute approximate surface area is 114 Å². The lowest BCUT2D eigenvalue weighted by Gasteiger charge is -2.03. The first kappa shape index (κ1) is 12.1. The Hall–Kier alpha value is -2.95. The first-order chi connectivity index (χ1) is 9.58. The minimum absolute atomic E-state index is 0.0134. The number of Topliss-reactive ketones (excluding diaryl/α,β-unsaturated/α-hetero) is 1. The fourth-order valence-corrected chi connectivity index (χ4v) is 1.98. The molecule has 1 heterocycles. The highest BCUT2D eigenvalue weighted by Gasteiger charge is 2.31. The molecule has 3 N–H and O–H groups in total. The van der Waals surface area contributed by atoms with Gasteiger partial charge in [-0.1, -0.05) is 18.2 Å². The van der Waals surface area contributed by atoms with E-state index in [1.165, 1.54) is 24.3 Å². The van der Waals surface area contributed by atoms with Crippen LogP contribution in [0.4, 0.5) is 0 Å². The molecule has 0 aliphatic carbocycles. The number of aromatic hydroxyl groups is 3. The van der Waals surface area contributed by atoms with Crippen LogP contribution in [0.1, 0.15) is 15.9 Å². The summed E-state index contributed by atoms with van der Waals surface area (Å²) in [7, 11) is 0. The van der Waals surface area contributed by atoms with Crippen molar-refractivity contribution in [2.45, 2.75) is 0 Å². The van der Waals surface area contributed by atoms with Gasteiger partial charge in [0, 0.05) is 5.56 Å². The van der Waals surface area contributed by atoms with Gasteiger partial charge in [-0.2, -0.15) is 0 Å². The van der Waals surface area contributed by atoms with Crippen molar-refractivity contribution in [2.24, 2.45) is 0 Å². The lowest BCUT2D eigenvalue weighted by atomic mass is 10.1. The van der Waals surface area contributed by atoms with Crippen molar-refractivity contribution in [3.63, 3.8) is 0 Å². The van der Waals surface area contributed by atoms with Crippen molar-refractivity contribution in [3.8, 4) is 23.0 Å². The van der Waals surface area contributed by atoms with Gasteiger partial charge < -0.3 is 20.1 Å². The van der Waals surface area contributed by atoms with Gasteiger partial charge in [-0.05, 0) is 24.3 Å². The number of phenolic OH excluding ortho intramolecular Hbond substituents is 3. The number of rotatable bonds is 1. The van der Waals surface area contributed by atoms with E-state index in [9.17, 15) is 20.1 Å². The molecule has 3 rings (SSSR count). The van der Waals surface area contributed by atoms with E-state index >= 15 is 0 Å². The van der Waals surface area contributed by atoms with Crippen LogP contribution in [0.25, 0.3) is 6.08 Å². The summed E-state index contributed by atoms with van der Waals surface area (Å²) in [6.45, 7) is 0. The number of fused-ring (bicyclic) bond motifs is 1. The molecule has 0 radical (unpaired) electrons. The average Bonchev–Trinajstić information content (AvgIpc) is 2.75. The monoisotopic (exact) mass is 270 g/mol. The highest BCUT2D eigenvalue weighted by Crippen LogP contribution is 2.44. The van der Waals surface area contributed by atoms with Crippen molar-refractivity contribution < 1.29 is 24.9 Å². The van der Waals surface area contributed by atoms with Crippen LogP contribution in [0.3, 0.4) is 0 Å². The maximum atomic E-state index is 12.1. The number of ether oxygens (including phenoxy) is 1. The fraction of sp³-hybridized carbons (Fsp3) is 0. The lowest BCUT2D eigenvalue weighted by Crippen LogP contribution is -1.98. The number of benzene rings is 2. The Balaban J connectivity index is 2.07. The Kier molecular flexibility index (Phi) is 2.61. The minimum Gasteiger partial charge on any atom is -0.507 e. The predicted octanol–water partition coefficient (Wildman–Crippen LogP) is 2.42. The van der Waals surface area contributed by atoms with E-state index in [-0.39, 0.29) is 28.6 Å². The molecule has 1 aliphatic heterocycles. The fourth-order valence-electron chi connectivity index (χ4n) is 1.98. The number of carbonyl (C=O) groups excluding carboxylic acids is 1. The summed E-state index contributed by atoms with van der Waals surface area (Å²) in [4.78, 5) is 12.1. The summed E-state index contributed by atoms with van der Waals surface area (Å²) in [5, 5.41) is 28.7.